The van der Waals surface area contributed by atoms with E-state index in [4.69, 9.17) is 19.9 Å². The van der Waals surface area contributed by atoms with Gasteiger partial charge < -0.3 is 0 Å². The van der Waals surface area contributed by atoms with Crippen LogP contribution in [0.2, 0.25) is 0 Å². The number of aromatic nitrogens is 6. The first-order valence-electron chi connectivity index (χ1n) is 16.7. The largest absolute Gasteiger partial charge is 0.294 e. The molecular weight excluding hydrogens is 613 g/mol. The van der Waals surface area contributed by atoms with Gasteiger partial charge in [0.1, 0.15) is 5.65 Å². The topological polar surface area (TPSA) is 61.4 Å². The van der Waals surface area contributed by atoms with Gasteiger partial charge >= 0.3 is 0 Å². The van der Waals surface area contributed by atoms with Crippen LogP contribution in [0, 0.1) is 0 Å². The number of nitrogens with zero attached hydrogens (tertiary/aromatic N) is 6. The van der Waals surface area contributed by atoms with E-state index in [-0.39, 0.29) is 0 Å². The smallest absolute Gasteiger partial charge is 0.238 e. The van der Waals surface area contributed by atoms with Crippen molar-refractivity contribution in [1.29, 1.82) is 0 Å². The molecule has 0 amide bonds. The highest BCUT2D eigenvalue weighted by Gasteiger charge is 2.20. The zero-order valence-electron chi connectivity index (χ0n) is 26.8. The van der Waals surface area contributed by atoms with Gasteiger partial charge in [-0.05, 0) is 53.6 Å². The molecule has 0 fully saturated rings. The fraction of sp³-hybridized carbons (Fsp3) is 0. The Morgan fingerprint density at radius 2 is 1.02 bits per heavy atom. The second kappa shape index (κ2) is 11.4. The Labute approximate surface area is 287 Å². The van der Waals surface area contributed by atoms with Gasteiger partial charge in [-0.1, -0.05) is 121 Å². The molecule has 0 aliphatic heterocycles. The van der Waals surface area contributed by atoms with Gasteiger partial charge in [0.2, 0.25) is 5.95 Å². The van der Waals surface area contributed by atoms with E-state index in [1.54, 1.807) is 0 Å². The third-order valence-corrected chi connectivity index (χ3v) is 9.44. The second-order valence-electron chi connectivity index (χ2n) is 12.3. The van der Waals surface area contributed by atoms with Crippen LogP contribution in [0.3, 0.4) is 0 Å². The van der Waals surface area contributed by atoms with Crippen LogP contribution in [0.4, 0.5) is 0 Å². The van der Waals surface area contributed by atoms with Gasteiger partial charge in [-0.2, -0.15) is 9.97 Å². The van der Waals surface area contributed by atoms with Crippen molar-refractivity contribution in [3.05, 3.63) is 170 Å². The van der Waals surface area contributed by atoms with Crippen LogP contribution >= 0.6 is 0 Å². The summed E-state index contributed by atoms with van der Waals surface area (Å²) < 4.78 is 4.44. The summed E-state index contributed by atoms with van der Waals surface area (Å²) in [5, 5.41) is 4.55. The summed E-state index contributed by atoms with van der Waals surface area (Å²) in [4.78, 5) is 20.1. The van der Waals surface area contributed by atoms with Crippen LogP contribution in [-0.2, 0) is 0 Å². The van der Waals surface area contributed by atoms with E-state index in [9.17, 15) is 0 Å². The maximum atomic E-state index is 5.13. The first-order valence-corrected chi connectivity index (χ1v) is 16.7. The minimum Gasteiger partial charge on any atom is -0.294 e. The number of para-hydroxylation sites is 2. The minimum absolute atomic E-state index is 0.573. The second-order valence-corrected chi connectivity index (χ2v) is 12.3. The molecule has 10 rings (SSSR count). The standard InChI is InChI=1S/C44H28N6/c1-4-14-29(15-5-1)41-46-42(30-16-6-2-7-17-30)48-44(47-41)50-37-23-11-10-20-34(37)35-26-25-31(28-39(35)50)33-21-12-24-38-40(33)36-22-13-27-45-43(36)49(38)32-18-8-3-9-19-32/h1-28H. The van der Waals surface area contributed by atoms with Gasteiger partial charge in [-0.25, -0.2) is 9.97 Å². The summed E-state index contributed by atoms with van der Waals surface area (Å²) in [5.41, 5.74) is 9.29. The quantitative estimate of drug-likeness (QED) is 0.188. The number of fused-ring (bicyclic) bond motifs is 6. The van der Waals surface area contributed by atoms with E-state index in [0.717, 1.165) is 66.3 Å². The lowest BCUT2D eigenvalue weighted by Crippen LogP contribution is -2.06. The molecule has 234 valence electrons. The number of hydrogen-bond acceptors (Lipinski definition) is 4. The molecule has 0 unspecified atom stereocenters. The Kier molecular flexibility index (Phi) is 6.39. The van der Waals surface area contributed by atoms with E-state index in [2.05, 4.69) is 100 Å². The van der Waals surface area contributed by atoms with Gasteiger partial charge in [0, 0.05) is 44.6 Å². The lowest BCUT2D eigenvalue weighted by Gasteiger charge is -2.12. The summed E-state index contributed by atoms with van der Waals surface area (Å²) in [5.74, 6) is 1.83. The van der Waals surface area contributed by atoms with Crippen molar-refractivity contribution in [2.75, 3.05) is 0 Å². The van der Waals surface area contributed by atoms with E-state index >= 15 is 0 Å². The number of hydrogen-bond donors (Lipinski definition) is 0. The van der Waals surface area contributed by atoms with E-state index in [1.165, 1.54) is 5.39 Å². The Balaban J connectivity index is 1.25. The fourth-order valence-electron chi connectivity index (χ4n) is 7.22. The normalized spacial score (nSPS) is 11.6. The van der Waals surface area contributed by atoms with Crippen molar-refractivity contribution in [2.24, 2.45) is 0 Å². The first kappa shape index (κ1) is 28.1. The molecule has 6 nitrogen and oxygen atoms in total. The maximum absolute atomic E-state index is 5.13. The van der Waals surface area contributed by atoms with E-state index in [1.807, 2.05) is 79.0 Å². The number of benzene rings is 6. The fourth-order valence-corrected chi connectivity index (χ4v) is 7.22. The predicted octanol–water partition coefficient (Wildman–Crippen LogP) is 10.5. The molecule has 50 heavy (non-hydrogen) atoms. The third-order valence-electron chi connectivity index (χ3n) is 9.44. The Bertz CT molecular complexity index is 2800. The summed E-state index contributed by atoms with van der Waals surface area (Å²) in [7, 11) is 0. The van der Waals surface area contributed by atoms with E-state index < -0.39 is 0 Å². The Hall–Kier alpha value is -6.92. The molecule has 0 atom stereocenters. The van der Waals surface area contributed by atoms with Crippen molar-refractivity contribution < 1.29 is 0 Å². The summed E-state index contributed by atoms with van der Waals surface area (Å²) >= 11 is 0. The zero-order chi connectivity index (χ0) is 33.0. The number of rotatable bonds is 5. The first-order chi connectivity index (χ1) is 24.8. The maximum Gasteiger partial charge on any atom is 0.238 e. The molecular formula is C44H28N6. The van der Waals surface area contributed by atoms with Gasteiger partial charge in [0.25, 0.3) is 0 Å². The van der Waals surface area contributed by atoms with Crippen LogP contribution in [0.1, 0.15) is 0 Å². The molecule has 0 aliphatic rings. The van der Waals surface area contributed by atoms with Gasteiger partial charge in [0.15, 0.2) is 11.6 Å². The van der Waals surface area contributed by atoms with Crippen molar-refractivity contribution in [3.8, 4) is 45.5 Å². The number of pyridine rings is 1. The van der Waals surface area contributed by atoms with Crippen LogP contribution in [0.15, 0.2) is 170 Å². The van der Waals surface area contributed by atoms with Crippen molar-refractivity contribution in [2.45, 2.75) is 0 Å². The molecule has 10 aromatic rings. The summed E-state index contributed by atoms with van der Waals surface area (Å²) in [6, 6.07) is 56.6. The van der Waals surface area contributed by atoms with Crippen molar-refractivity contribution in [1.82, 2.24) is 29.1 Å². The molecule has 0 N–H and O–H groups in total. The molecule has 0 aliphatic carbocycles. The lowest BCUT2D eigenvalue weighted by molar-refractivity contribution is 0.953. The zero-order valence-corrected chi connectivity index (χ0v) is 26.8. The minimum atomic E-state index is 0.573. The van der Waals surface area contributed by atoms with Crippen LogP contribution < -0.4 is 0 Å². The summed E-state index contributed by atoms with van der Waals surface area (Å²) in [6.07, 6.45) is 1.87. The van der Waals surface area contributed by atoms with Gasteiger partial charge in [-0.15, -0.1) is 0 Å². The molecule has 6 heteroatoms. The Morgan fingerprint density at radius 3 is 1.76 bits per heavy atom. The van der Waals surface area contributed by atoms with Crippen LogP contribution in [-0.4, -0.2) is 29.1 Å². The monoisotopic (exact) mass is 640 g/mol. The molecule has 4 aromatic heterocycles. The highest BCUT2D eigenvalue weighted by Crippen LogP contribution is 2.40. The molecule has 6 aromatic carbocycles. The highest BCUT2D eigenvalue weighted by atomic mass is 15.2. The molecule has 0 spiro atoms. The average molecular weight is 641 g/mol. The highest BCUT2D eigenvalue weighted by molar-refractivity contribution is 6.16. The molecule has 4 heterocycles. The molecule has 0 radical (unpaired) electrons. The SMILES string of the molecule is c1ccc(-c2nc(-c3ccccc3)nc(-n3c4ccccc4c4ccc(-c5cccc6c5c5cccnc5n6-c5ccccc5)cc43)n2)cc1. The van der Waals surface area contributed by atoms with Crippen LogP contribution in [0.25, 0.3) is 89.3 Å². The van der Waals surface area contributed by atoms with Gasteiger partial charge in [-0.3, -0.25) is 9.13 Å². The third kappa shape index (κ3) is 4.43. The van der Waals surface area contributed by atoms with Crippen molar-refractivity contribution in [3.63, 3.8) is 0 Å². The average Bonchev–Trinajstić information content (AvgIpc) is 3.71. The van der Waals surface area contributed by atoms with Crippen molar-refractivity contribution >= 4 is 43.7 Å². The molecule has 0 bridgehead atoms. The lowest BCUT2D eigenvalue weighted by atomic mass is 9.98. The molecule has 0 saturated heterocycles. The van der Waals surface area contributed by atoms with Gasteiger partial charge in [0.05, 0.1) is 16.6 Å². The van der Waals surface area contributed by atoms with E-state index in [0.29, 0.717) is 17.6 Å². The van der Waals surface area contributed by atoms with Crippen LogP contribution in [0.5, 0.6) is 0 Å². The molecule has 0 saturated carbocycles. The summed E-state index contributed by atoms with van der Waals surface area (Å²) in [6.45, 7) is 0. The predicted molar refractivity (Wildman–Crippen MR) is 203 cm³/mol. The Morgan fingerprint density at radius 1 is 0.400 bits per heavy atom.